The van der Waals surface area contributed by atoms with Crippen LogP contribution in [0, 0.1) is 6.92 Å². The van der Waals surface area contributed by atoms with Crippen LogP contribution in [0.2, 0.25) is 0 Å². The van der Waals surface area contributed by atoms with Gasteiger partial charge < -0.3 is 19.5 Å². The van der Waals surface area contributed by atoms with E-state index in [9.17, 15) is 0 Å². The van der Waals surface area contributed by atoms with Gasteiger partial charge >= 0.3 is 0 Å². The highest BCUT2D eigenvalue weighted by atomic mass is 127. The minimum atomic E-state index is 0. The largest absolute Gasteiger partial charge is 0.379 e. The second-order valence-corrected chi connectivity index (χ2v) is 8.82. The van der Waals surface area contributed by atoms with Gasteiger partial charge in [-0.15, -0.1) is 34.2 Å². The molecule has 2 aromatic heterocycles. The first-order valence-electron chi connectivity index (χ1n) is 11.5. The number of halogens is 1. The van der Waals surface area contributed by atoms with E-state index in [1.165, 1.54) is 5.56 Å². The fourth-order valence-corrected chi connectivity index (χ4v) is 3.87. The molecule has 2 aromatic rings. The highest BCUT2D eigenvalue weighted by Gasteiger charge is 2.16. The number of aryl methyl sites for hydroxylation is 2. The number of hydrogen-bond acceptors (Lipinski definition) is 6. The number of guanidine groups is 1. The van der Waals surface area contributed by atoms with E-state index in [1.807, 2.05) is 30.3 Å². The molecular formula is C22H40IN9O. The molecular weight excluding hydrogens is 533 g/mol. The monoisotopic (exact) mass is 573 g/mol. The fraction of sp³-hybridized carbons (Fsp3) is 0.727. The molecule has 3 rings (SSSR count). The number of hydrogen-bond donors (Lipinski definition) is 1. The third-order valence-corrected chi connectivity index (χ3v) is 5.84. The van der Waals surface area contributed by atoms with E-state index in [0.717, 1.165) is 75.7 Å². The maximum Gasteiger partial charge on any atom is 0.194 e. The van der Waals surface area contributed by atoms with Crippen molar-refractivity contribution in [2.24, 2.45) is 19.1 Å². The first-order chi connectivity index (χ1) is 15.3. The lowest BCUT2D eigenvalue weighted by molar-refractivity contribution is 0.0375. The number of rotatable bonds is 9. The summed E-state index contributed by atoms with van der Waals surface area (Å²) in [5, 5.41) is 16.6. The topological polar surface area (TPSA) is 88.6 Å². The van der Waals surface area contributed by atoms with Crippen molar-refractivity contribution in [3.63, 3.8) is 0 Å². The summed E-state index contributed by atoms with van der Waals surface area (Å²) in [5.41, 5.74) is 2.36. The van der Waals surface area contributed by atoms with Gasteiger partial charge in [-0.05, 0) is 25.8 Å². The van der Waals surface area contributed by atoms with Crippen LogP contribution >= 0.6 is 24.0 Å². The van der Waals surface area contributed by atoms with Gasteiger partial charge in [-0.25, -0.2) is 4.99 Å². The van der Waals surface area contributed by atoms with E-state index >= 15 is 0 Å². The Labute approximate surface area is 214 Å². The molecule has 33 heavy (non-hydrogen) atoms. The lowest BCUT2D eigenvalue weighted by Crippen LogP contribution is -2.41. The molecule has 0 bridgehead atoms. The Balaban J connectivity index is 0.00000385. The van der Waals surface area contributed by atoms with E-state index in [-0.39, 0.29) is 24.0 Å². The summed E-state index contributed by atoms with van der Waals surface area (Å²) in [6.45, 7) is 13.2. The lowest BCUT2D eigenvalue weighted by atomic mass is 10.1. The zero-order valence-electron chi connectivity index (χ0n) is 20.9. The average Bonchev–Trinajstić information content (AvgIpc) is 3.30. The lowest BCUT2D eigenvalue weighted by Gasteiger charge is -2.27. The molecule has 0 aliphatic carbocycles. The summed E-state index contributed by atoms with van der Waals surface area (Å²) in [4.78, 5) is 9.50. The first kappa shape index (κ1) is 27.5. The molecule has 0 aromatic carbocycles. The number of nitrogens with zero attached hydrogens (tertiary/aromatic N) is 8. The first-order valence-corrected chi connectivity index (χ1v) is 11.5. The van der Waals surface area contributed by atoms with Crippen LogP contribution < -0.4 is 5.32 Å². The molecule has 11 heteroatoms. The zero-order valence-corrected chi connectivity index (χ0v) is 23.2. The standard InChI is InChI=1S/C22H39N9O.HI/c1-17(2)21-19(16-29(5)27-21)15-28(4)22(24-14-20-26-25-18(3)30(20)6)23-8-7-9-31-10-12-32-13-11-31;/h16-17H,7-15H2,1-6H3,(H,23,24);1H. The number of aromatic nitrogens is 5. The normalized spacial score (nSPS) is 15.1. The maximum absolute atomic E-state index is 5.44. The van der Waals surface area contributed by atoms with Crippen molar-refractivity contribution in [3.8, 4) is 0 Å². The summed E-state index contributed by atoms with van der Waals surface area (Å²) in [6.07, 6.45) is 3.16. The quantitative estimate of drug-likeness (QED) is 0.212. The molecule has 0 amide bonds. The Kier molecular flexibility index (Phi) is 11.0. The second kappa shape index (κ2) is 13.2. The van der Waals surface area contributed by atoms with Crippen molar-refractivity contribution in [1.29, 1.82) is 0 Å². The summed E-state index contributed by atoms with van der Waals surface area (Å²) < 4.78 is 9.32. The van der Waals surface area contributed by atoms with Gasteiger partial charge in [-0.3, -0.25) is 9.58 Å². The van der Waals surface area contributed by atoms with Gasteiger partial charge in [-0.1, -0.05) is 13.8 Å². The van der Waals surface area contributed by atoms with Crippen LogP contribution in [-0.2, 0) is 31.9 Å². The van der Waals surface area contributed by atoms with Crippen molar-refractivity contribution in [2.45, 2.75) is 46.2 Å². The van der Waals surface area contributed by atoms with Crippen molar-refractivity contribution in [3.05, 3.63) is 29.1 Å². The number of nitrogens with one attached hydrogen (secondary N) is 1. The van der Waals surface area contributed by atoms with Crippen molar-refractivity contribution < 1.29 is 4.74 Å². The maximum atomic E-state index is 5.44. The van der Waals surface area contributed by atoms with Crippen molar-refractivity contribution >= 4 is 29.9 Å². The molecule has 0 unspecified atom stereocenters. The molecule has 1 fully saturated rings. The van der Waals surface area contributed by atoms with Gasteiger partial charge in [0.15, 0.2) is 11.8 Å². The third kappa shape index (κ3) is 7.92. The number of aliphatic imine (C=N–C) groups is 1. The second-order valence-electron chi connectivity index (χ2n) is 8.82. The Morgan fingerprint density at radius 1 is 1.24 bits per heavy atom. The van der Waals surface area contributed by atoms with Crippen molar-refractivity contribution in [1.82, 2.24) is 39.7 Å². The molecule has 1 saturated heterocycles. The molecule has 0 atom stereocenters. The van der Waals surface area contributed by atoms with Gasteiger partial charge in [-0.2, -0.15) is 5.10 Å². The molecule has 0 radical (unpaired) electrons. The predicted octanol–water partition coefficient (Wildman–Crippen LogP) is 1.90. The van der Waals surface area contributed by atoms with Crippen LogP contribution in [-0.4, -0.2) is 86.7 Å². The molecule has 10 nitrogen and oxygen atoms in total. The van der Waals surface area contributed by atoms with Gasteiger partial charge in [0.25, 0.3) is 0 Å². The Hall–Kier alpha value is -1.73. The van der Waals surface area contributed by atoms with Crippen LogP contribution in [0.25, 0.3) is 0 Å². The molecule has 0 saturated carbocycles. The van der Waals surface area contributed by atoms with Crippen molar-refractivity contribution in [2.75, 3.05) is 46.4 Å². The van der Waals surface area contributed by atoms with Crippen LogP contribution in [0.5, 0.6) is 0 Å². The Morgan fingerprint density at radius 3 is 2.61 bits per heavy atom. The zero-order chi connectivity index (χ0) is 23.1. The third-order valence-electron chi connectivity index (χ3n) is 5.84. The minimum absolute atomic E-state index is 0. The van der Waals surface area contributed by atoms with Crippen LogP contribution in [0.4, 0.5) is 0 Å². The Morgan fingerprint density at radius 2 is 1.97 bits per heavy atom. The van der Waals surface area contributed by atoms with Gasteiger partial charge in [0, 0.05) is 59.1 Å². The molecule has 0 spiro atoms. The number of morpholine rings is 1. The highest BCUT2D eigenvalue weighted by molar-refractivity contribution is 14.0. The summed E-state index contributed by atoms with van der Waals surface area (Å²) in [7, 11) is 6.03. The van der Waals surface area contributed by atoms with E-state index in [0.29, 0.717) is 12.5 Å². The van der Waals surface area contributed by atoms with E-state index in [2.05, 4.69) is 57.5 Å². The summed E-state index contributed by atoms with van der Waals surface area (Å²) in [5.74, 6) is 2.99. The molecule has 1 aliphatic heterocycles. The Bertz CT molecular complexity index is 887. The van der Waals surface area contributed by atoms with E-state index in [4.69, 9.17) is 9.73 Å². The van der Waals surface area contributed by atoms with Gasteiger partial charge in [0.1, 0.15) is 12.4 Å². The highest BCUT2D eigenvalue weighted by Crippen LogP contribution is 2.18. The van der Waals surface area contributed by atoms with E-state index in [1.54, 1.807) is 0 Å². The summed E-state index contributed by atoms with van der Waals surface area (Å²) >= 11 is 0. The fourth-order valence-electron chi connectivity index (χ4n) is 3.87. The van der Waals surface area contributed by atoms with Crippen LogP contribution in [0.15, 0.2) is 11.2 Å². The number of ether oxygens (including phenoxy) is 1. The average molecular weight is 574 g/mol. The molecule has 3 heterocycles. The molecule has 1 aliphatic rings. The summed E-state index contributed by atoms with van der Waals surface area (Å²) in [6, 6.07) is 0. The van der Waals surface area contributed by atoms with Crippen LogP contribution in [0.3, 0.4) is 0 Å². The molecule has 186 valence electrons. The van der Waals surface area contributed by atoms with Gasteiger partial charge in [0.05, 0.1) is 18.9 Å². The predicted molar refractivity (Wildman–Crippen MR) is 141 cm³/mol. The van der Waals surface area contributed by atoms with E-state index < -0.39 is 0 Å². The SMILES string of the molecule is Cc1nnc(CN=C(NCCCN2CCOCC2)N(C)Cc2cn(C)nc2C(C)C)n1C.I. The van der Waals surface area contributed by atoms with Gasteiger partial charge in [0.2, 0.25) is 0 Å². The minimum Gasteiger partial charge on any atom is -0.379 e. The smallest absolute Gasteiger partial charge is 0.194 e. The molecule has 1 N–H and O–H groups in total. The van der Waals surface area contributed by atoms with Crippen LogP contribution in [0.1, 0.15) is 49.1 Å².